The fourth-order valence-electron chi connectivity index (χ4n) is 2.43. The smallest absolute Gasteiger partial charge is 0.323 e. The third-order valence-corrected chi connectivity index (χ3v) is 6.16. The SMILES string of the molecule is CN1CCC(C(=O)N(CC(=O)O)Cc2ccc(Cl)cc2)S1(=O)=O. The van der Waals surface area contributed by atoms with Gasteiger partial charge in [-0.15, -0.1) is 0 Å². The zero-order valence-electron chi connectivity index (χ0n) is 12.5. The average Bonchev–Trinajstić information content (AvgIpc) is 2.73. The van der Waals surface area contributed by atoms with Crippen LogP contribution in [0.4, 0.5) is 0 Å². The molecule has 0 saturated carbocycles. The van der Waals surface area contributed by atoms with Crippen LogP contribution in [-0.2, 0) is 26.2 Å². The number of hydrogen-bond donors (Lipinski definition) is 1. The summed E-state index contributed by atoms with van der Waals surface area (Å²) in [6.45, 7) is -0.296. The number of hydrogen-bond acceptors (Lipinski definition) is 4. The second kappa shape index (κ2) is 6.86. The van der Waals surface area contributed by atoms with Crippen molar-refractivity contribution in [3.63, 3.8) is 0 Å². The molecule has 1 aliphatic rings. The Morgan fingerprint density at radius 2 is 1.96 bits per heavy atom. The van der Waals surface area contributed by atoms with Crippen molar-refractivity contribution in [1.29, 1.82) is 0 Å². The number of amides is 1. The van der Waals surface area contributed by atoms with E-state index in [9.17, 15) is 18.0 Å². The number of carbonyl (C=O) groups is 2. The molecule has 1 heterocycles. The molecule has 1 aromatic carbocycles. The van der Waals surface area contributed by atoms with E-state index >= 15 is 0 Å². The Hall–Kier alpha value is -1.64. The summed E-state index contributed by atoms with van der Waals surface area (Å²) in [7, 11) is -2.31. The van der Waals surface area contributed by atoms with Gasteiger partial charge in [0.25, 0.3) is 0 Å². The first kappa shape index (κ1) is 17.7. The zero-order valence-corrected chi connectivity index (χ0v) is 14.0. The highest BCUT2D eigenvalue weighted by Crippen LogP contribution is 2.23. The molecule has 23 heavy (non-hydrogen) atoms. The number of rotatable bonds is 5. The van der Waals surface area contributed by atoms with Crippen molar-refractivity contribution < 1.29 is 23.1 Å². The molecule has 1 fully saturated rings. The highest BCUT2D eigenvalue weighted by Gasteiger charge is 2.43. The van der Waals surface area contributed by atoms with Crippen LogP contribution in [0.5, 0.6) is 0 Å². The number of carbonyl (C=O) groups excluding carboxylic acids is 1. The first-order valence-corrected chi connectivity index (χ1v) is 8.80. The largest absolute Gasteiger partial charge is 0.480 e. The third kappa shape index (κ3) is 4.01. The lowest BCUT2D eigenvalue weighted by atomic mass is 10.2. The van der Waals surface area contributed by atoms with Crippen LogP contribution in [-0.4, -0.2) is 60.0 Å². The maximum Gasteiger partial charge on any atom is 0.323 e. The number of sulfonamides is 1. The summed E-state index contributed by atoms with van der Waals surface area (Å²) in [5.74, 6) is -1.89. The van der Waals surface area contributed by atoms with Crippen LogP contribution >= 0.6 is 11.6 Å². The first-order chi connectivity index (χ1) is 10.7. The molecule has 1 atom stereocenters. The van der Waals surface area contributed by atoms with Gasteiger partial charge in [0.1, 0.15) is 6.54 Å². The van der Waals surface area contributed by atoms with E-state index in [1.807, 2.05) is 0 Å². The van der Waals surface area contributed by atoms with Crippen molar-refractivity contribution in [1.82, 2.24) is 9.21 Å². The molecule has 0 radical (unpaired) electrons. The summed E-state index contributed by atoms with van der Waals surface area (Å²) in [5.41, 5.74) is 0.674. The van der Waals surface area contributed by atoms with E-state index in [0.29, 0.717) is 10.6 Å². The van der Waals surface area contributed by atoms with Crippen molar-refractivity contribution in [3.05, 3.63) is 34.9 Å². The van der Waals surface area contributed by atoms with Crippen LogP contribution < -0.4 is 0 Å². The Morgan fingerprint density at radius 1 is 1.35 bits per heavy atom. The molecule has 126 valence electrons. The Labute approximate surface area is 139 Å². The average molecular weight is 361 g/mol. The number of nitrogens with zero attached hydrogens (tertiary/aromatic N) is 2. The molecule has 9 heteroatoms. The Bertz CT molecular complexity index is 704. The van der Waals surface area contributed by atoms with Crippen molar-refractivity contribution in [2.24, 2.45) is 0 Å². The summed E-state index contributed by atoms with van der Waals surface area (Å²) in [6, 6.07) is 6.58. The van der Waals surface area contributed by atoms with Crippen LogP contribution in [0.1, 0.15) is 12.0 Å². The van der Waals surface area contributed by atoms with Gasteiger partial charge < -0.3 is 10.0 Å². The molecule has 1 unspecified atom stereocenters. The topological polar surface area (TPSA) is 95.0 Å². The summed E-state index contributed by atoms with van der Waals surface area (Å²) >= 11 is 5.79. The molecule has 0 bridgehead atoms. The van der Waals surface area contributed by atoms with Gasteiger partial charge in [-0.1, -0.05) is 23.7 Å². The number of aliphatic carboxylic acids is 1. The fourth-order valence-corrected chi connectivity index (χ4v) is 4.16. The minimum absolute atomic E-state index is 0.0119. The van der Waals surface area contributed by atoms with E-state index in [1.54, 1.807) is 24.3 Å². The van der Waals surface area contributed by atoms with Crippen LogP contribution in [0, 0.1) is 0 Å². The fraction of sp³-hybridized carbons (Fsp3) is 0.429. The van der Waals surface area contributed by atoms with Crippen molar-refractivity contribution >= 4 is 33.5 Å². The van der Waals surface area contributed by atoms with Crippen LogP contribution in [0.15, 0.2) is 24.3 Å². The minimum atomic E-state index is -3.72. The highest BCUT2D eigenvalue weighted by atomic mass is 35.5. The van der Waals surface area contributed by atoms with Gasteiger partial charge in [0.15, 0.2) is 5.25 Å². The van der Waals surface area contributed by atoms with Gasteiger partial charge in [-0.05, 0) is 24.1 Å². The summed E-state index contributed by atoms with van der Waals surface area (Å²) in [6.07, 6.45) is 0.161. The molecule has 1 aliphatic heterocycles. The maximum atomic E-state index is 12.5. The molecule has 1 amide bonds. The molecule has 0 spiro atoms. The molecule has 1 N–H and O–H groups in total. The lowest BCUT2D eigenvalue weighted by Crippen LogP contribution is -2.44. The molecular weight excluding hydrogens is 344 g/mol. The van der Waals surface area contributed by atoms with Gasteiger partial charge in [-0.2, -0.15) is 0 Å². The normalized spacial score (nSPS) is 20.3. The van der Waals surface area contributed by atoms with E-state index in [2.05, 4.69) is 0 Å². The molecule has 0 aromatic heterocycles. The van der Waals surface area contributed by atoms with Crippen molar-refractivity contribution in [2.45, 2.75) is 18.2 Å². The standard InChI is InChI=1S/C14H17ClN2O5S/c1-16-7-6-12(23(16,21)22)14(20)17(9-13(18)19)8-10-2-4-11(15)5-3-10/h2-5,12H,6-9H2,1H3,(H,18,19). The molecule has 1 aromatic rings. The Morgan fingerprint density at radius 3 is 2.43 bits per heavy atom. The van der Waals surface area contributed by atoms with Gasteiger partial charge in [0.05, 0.1) is 0 Å². The molecule has 1 saturated heterocycles. The van der Waals surface area contributed by atoms with Gasteiger partial charge in [0.2, 0.25) is 15.9 Å². The van der Waals surface area contributed by atoms with Crippen molar-refractivity contribution in [2.75, 3.05) is 20.1 Å². The monoisotopic (exact) mass is 360 g/mol. The lowest BCUT2D eigenvalue weighted by molar-refractivity contribution is -0.144. The predicted molar refractivity (Wildman–Crippen MR) is 84.5 cm³/mol. The number of carboxylic acid groups (broad SMARTS) is 1. The van der Waals surface area contributed by atoms with Gasteiger partial charge in [-0.25, -0.2) is 12.7 Å². The van der Waals surface area contributed by atoms with Gasteiger partial charge >= 0.3 is 5.97 Å². The molecule has 0 aliphatic carbocycles. The summed E-state index contributed by atoms with van der Waals surface area (Å²) < 4.78 is 25.4. The molecule has 7 nitrogen and oxygen atoms in total. The number of benzene rings is 1. The lowest BCUT2D eigenvalue weighted by Gasteiger charge is -2.24. The van der Waals surface area contributed by atoms with E-state index < -0.39 is 33.7 Å². The summed E-state index contributed by atoms with van der Waals surface area (Å²) in [4.78, 5) is 24.6. The number of carboxylic acids is 1. The quantitative estimate of drug-likeness (QED) is 0.837. The maximum absolute atomic E-state index is 12.5. The number of halogens is 1. The predicted octanol–water partition coefficient (Wildman–Crippen LogP) is 0.787. The molecular formula is C14H17ClN2O5S. The van der Waals surface area contributed by atoms with E-state index in [-0.39, 0.29) is 19.5 Å². The third-order valence-electron chi connectivity index (χ3n) is 3.70. The zero-order chi connectivity index (χ0) is 17.2. The van der Waals surface area contributed by atoms with E-state index in [0.717, 1.165) is 9.21 Å². The van der Waals surface area contributed by atoms with E-state index in [4.69, 9.17) is 16.7 Å². The van der Waals surface area contributed by atoms with Crippen LogP contribution in [0.2, 0.25) is 5.02 Å². The minimum Gasteiger partial charge on any atom is -0.480 e. The first-order valence-electron chi connectivity index (χ1n) is 6.92. The Balaban J connectivity index is 2.22. The van der Waals surface area contributed by atoms with E-state index in [1.165, 1.54) is 7.05 Å². The van der Waals surface area contributed by atoms with Crippen LogP contribution in [0.25, 0.3) is 0 Å². The second-order valence-corrected chi connectivity index (χ2v) is 8.02. The second-order valence-electron chi connectivity index (χ2n) is 5.36. The van der Waals surface area contributed by atoms with Crippen molar-refractivity contribution in [3.8, 4) is 0 Å². The Kier molecular flexibility index (Phi) is 5.28. The molecule has 2 rings (SSSR count). The summed E-state index contributed by atoms with van der Waals surface area (Å²) in [5, 5.41) is 8.30. The highest BCUT2D eigenvalue weighted by molar-refractivity contribution is 7.90. The van der Waals surface area contributed by atoms with Gasteiger partial charge in [-0.3, -0.25) is 9.59 Å². The van der Waals surface area contributed by atoms with Crippen LogP contribution in [0.3, 0.4) is 0 Å². The van der Waals surface area contributed by atoms with Gasteiger partial charge in [0, 0.05) is 25.2 Å².